The molecule has 0 aromatic heterocycles. The number of rotatable bonds is 3. The van der Waals surface area contributed by atoms with Crippen molar-refractivity contribution in [3.8, 4) is 11.5 Å². The molecule has 4 nitrogen and oxygen atoms in total. The van der Waals surface area contributed by atoms with E-state index in [2.05, 4.69) is 5.32 Å². The van der Waals surface area contributed by atoms with E-state index in [0.29, 0.717) is 31.3 Å². The molecule has 114 valence electrons. The van der Waals surface area contributed by atoms with Crippen LogP contribution in [0.3, 0.4) is 0 Å². The van der Waals surface area contributed by atoms with Crippen LogP contribution in [0.15, 0.2) is 42.5 Å². The molecular formula is C17H16FNO3. The number of carbonyl (C=O) groups excluding carboxylic acids is 1. The van der Waals surface area contributed by atoms with Gasteiger partial charge < -0.3 is 14.8 Å². The first-order chi connectivity index (χ1) is 10.7. The summed E-state index contributed by atoms with van der Waals surface area (Å²) in [5.74, 6) is 0.417. The fourth-order valence-electron chi connectivity index (χ4n) is 2.24. The quantitative estimate of drug-likeness (QED) is 0.948. The van der Waals surface area contributed by atoms with Gasteiger partial charge in [0.1, 0.15) is 5.82 Å². The van der Waals surface area contributed by atoms with Crippen LogP contribution in [0, 0.1) is 5.82 Å². The number of halogens is 1. The number of nitrogens with one attached hydrogen (secondary N) is 1. The smallest absolute Gasteiger partial charge is 0.254 e. The van der Waals surface area contributed by atoms with Gasteiger partial charge in [-0.2, -0.15) is 0 Å². The zero-order valence-corrected chi connectivity index (χ0v) is 12.0. The lowest BCUT2D eigenvalue weighted by Gasteiger charge is -2.10. The normalized spacial score (nSPS) is 13.3. The van der Waals surface area contributed by atoms with Crippen LogP contribution in [0.25, 0.3) is 0 Å². The molecule has 0 saturated heterocycles. The van der Waals surface area contributed by atoms with Crippen LogP contribution in [-0.2, 0) is 6.54 Å². The molecule has 0 unspecified atom stereocenters. The van der Waals surface area contributed by atoms with E-state index in [9.17, 15) is 9.18 Å². The van der Waals surface area contributed by atoms with E-state index < -0.39 is 11.7 Å². The van der Waals surface area contributed by atoms with Crippen molar-refractivity contribution in [2.45, 2.75) is 13.0 Å². The van der Waals surface area contributed by atoms with Gasteiger partial charge in [-0.15, -0.1) is 0 Å². The van der Waals surface area contributed by atoms with Crippen LogP contribution >= 0.6 is 0 Å². The molecule has 0 spiro atoms. The average molecular weight is 301 g/mol. The summed E-state index contributed by atoms with van der Waals surface area (Å²) in [6, 6.07) is 11.4. The summed E-state index contributed by atoms with van der Waals surface area (Å²) in [5, 5.41) is 2.70. The van der Waals surface area contributed by atoms with E-state index in [-0.39, 0.29) is 5.56 Å². The third kappa shape index (κ3) is 3.19. The molecule has 22 heavy (non-hydrogen) atoms. The number of amides is 1. The Morgan fingerprint density at radius 1 is 1.09 bits per heavy atom. The number of carbonyl (C=O) groups is 1. The molecule has 1 N–H and O–H groups in total. The third-order valence-electron chi connectivity index (χ3n) is 3.38. The second-order valence-electron chi connectivity index (χ2n) is 4.99. The van der Waals surface area contributed by atoms with Crippen LogP contribution in [0.4, 0.5) is 4.39 Å². The maximum absolute atomic E-state index is 13.5. The second kappa shape index (κ2) is 6.47. The topological polar surface area (TPSA) is 47.6 Å². The van der Waals surface area contributed by atoms with Gasteiger partial charge in [0.2, 0.25) is 0 Å². The molecule has 1 aliphatic rings. The van der Waals surface area contributed by atoms with Gasteiger partial charge in [0.15, 0.2) is 11.5 Å². The minimum absolute atomic E-state index is 0.0387. The molecule has 1 heterocycles. The van der Waals surface area contributed by atoms with Gasteiger partial charge in [0.05, 0.1) is 18.8 Å². The van der Waals surface area contributed by atoms with Crippen molar-refractivity contribution in [1.82, 2.24) is 5.32 Å². The Bertz CT molecular complexity index is 687. The van der Waals surface area contributed by atoms with Gasteiger partial charge in [0, 0.05) is 13.0 Å². The van der Waals surface area contributed by atoms with E-state index in [1.54, 1.807) is 12.1 Å². The van der Waals surface area contributed by atoms with Gasteiger partial charge >= 0.3 is 0 Å². The molecule has 0 bridgehead atoms. The lowest BCUT2D eigenvalue weighted by Crippen LogP contribution is -2.23. The van der Waals surface area contributed by atoms with Gasteiger partial charge in [-0.1, -0.05) is 18.2 Å². The van der Waals surface area contributed by atoms with E-state index in [4.69, 9.17) is 9.47 Å². The highest BCUT2D eigenvalue weighted by atomic mass is 19.1. The largest absolute Gasteiger partial charge is 0.490 e. The monoisotopic (exact) mass is 301 g/mol. The van der Waals surface area contributed by atoms with Crippen molar-refractivity contribution in [1.29, 1.82) is 0 Å². The van der Waals surface area contributed by atoms with Crippen molar-refractivity contribution in [3.63, 3.8) is 0 Å². The van der Waals surface area contributed by atoms with Crippen molar-refractivity contribution in [3.05, 3.63) is 59.4 Å². The van der Waals surface area contributed by atoms with Crippen LogP contribution in [0.1, 0.15) is 22.3 Å². The third-order valence-corrected chi connectivity index (χ3v) is 3.38. The highest BCUT2D eigenvalue weighted by Gasteiger charge is 2.13. The summed E-state index contributed by atoms with van der Waals surface area (Å²) in [6.45, 7) is 1.54. The predicted molar refractivity (Wildman–Crippen MR) is 79.6 cm³/mol. The van der Waals surface area contributed by atoms with Crippen LogP contribution in [0.2, 0.25) is 0 Å². The zero-order chi connectivity index (χ0) is 15.4. The number of hydrogen-bond acceptors (Lipinski definition) is 3. The van der Waals surface area contributed by atoms with Gasteiger partial charge in [-0.3, -0.25) is 4.79 Å². The molecule has 1 amide bonds. The molecule has 5 heteroatoms. The van der Waals surface area contributed by atoms with Crippen molar-refractivity contribution in [2.24, 2.45) is 0 Å². The summed E-state index contributed by atoms with van der Waals surface area (Å²) in [5.41, 5.74) is 0.908. The first kappa shape index (κ1) is 14.4. The molecule has 2 aromatic rings. The summed E-state index contributed by atoms with van der Waals surface area (Å²) >= 11 is 0. The average Bonchev–Trinajstić information content (AvgIpc) is 2.78. The first-order valence-corrected chi connectivity index (χ1v) is 7.15. The van der Waals surface area contributed by atoms with E-state index >= 15 is 0 Å². The Hall–Kier alpha value is -2.56. The Morgan fingerprint density at radius 3 is 2.68 bits per heavy atom. The maximum Gasteiger partial charge on any atom is 0.254 e. The second-order valence-corrected chi connectivity index (χ2v) is 4.99. The predicted octanol–water partition coefficient (Wildman–Crippen LogP) is 2.92. The minimum Gasteiger partial charge on any atom is -0.490 e. The Balaban J connectivity index is 1.68. The van der Waals surface area contributed by atoms with Crippen molar-refractivity contribution in [2.75, 3.05) is 13.2 Å². The lowest BCUT2D eigenvalue weighted by atomic mass is 10.1. The van der Waals surface area contributed by atoms with Gasteiger partial charge in [-0.25, -0.2) is 4.39 Å². The molecule has 0 aliphatic carbocycles. The van der Waals surface area contributed by atoms with Gasteiger partial charge in [0.25, 0.3) is 5.91 Å². The van der Waals surface area contributed by atoms with E-state index in [0.717, 1.165) is 12.0 Å². The molecule has 1 aliphatic heterocycles. The molecule has 0 radical (unpaired) electrons. The molecular weight excluding hydrogens is 285 g/mol. The Kier molecular flexibility index (Phi) is 4.23. The molecule has 0 saturated carbocycles. The number of hydrogen-bond donors (Lipinski definition) is 1. The fourth-order valence-corrected chi connectivity index (χ4v) is 2.24. The standard InChI is InChI=1S/C17H16FNO3/c18-14-5-2-1-4-13(14)17(20)19-11-12-6-7-15-16(10-12)22-9-3-8-21-15/h1-2,4-7,10H,3,8-9,11H2,(H,19,20). The van der Waals surface area contributed by atoms with Crippen LogP contribution in [-0.4, -0.2) is 19.1 Å². The maximum atomic E-state index is 13.5. The summed E-state index contributed by atoms with van der Waals surface area (Å²) in [6.07, 6.45) is 0.841. The highest BCUT2D eigenvalue weighted by Crippen LogP contribution is 2.30. The lowest BCUT2D eigenvalue weighted by molar-refractivity contribution is 0.0947. The minimum atomic E-state index is -0.529. The van der Waals surface area contributed by atoms with Crippen LogP contribution < -0.4 is 14.8 Å². The Morgan fingerprint density at radius 2 is 1.86 bits per heavy atom. The van der Waals surface area contributed by atoms with Crippen LogP contribution in [0.5, 0.6) is 11.5 Å². The van der Waals surface area contributed by atoms with E-state index in [1.807, 2.05) is 18.2 Å². The highest BCUT2D eigenvalue weighted by molar-refractivity contribution is 5.94. The van der Waals surface area contributed by atoms with Crippen molar-refractivity contribution >= 4 is 5.91 Å². The first-order valence-electron chi connectivity index (χ1n) is 7.15. The number of ether oxygens (including phenoxy) is 2. The summed E-state index contributed by atoms with van der Waals surface area (Å²) in [7, 11) is 0. The zero-order valence-electron chi connectivity index (χ0n) is 12.0. The summed E-state index contributed by atoms with van der Waals surface area (Å²) in [4.78, 5) is 12.0. The number of benzene rings is 2. The Labute approximate surface area is 127 Å². The fraction of sp³-hybridized carbons (Fsp3) is 0.235. The summed E-state index contributed by atoms with van der Waals surface area (Å²) < 4.78 is 24.7. The molecule has 3 rings (SSSR count). The van der Waals surface area contributed by atoms with Crippen molar-refractivity contribution < 1.29 is 18.7 Å². The SMILES string of the molecule is O=C(NCc1ccc2c(c1)OCCCO2)c1ccccc1F. The van der Waals surface area contributed by atoms with Gasteiger partial charge in [-0.05, 0) is 29.8 Å². The molecule has 0 atom stereocenters. The number of fused-ring (bicyclic) bond motifs is 1. The molecule has 2 aromatic carbocycles. The molecule has 0 fully saturated rings. The van der Waals surface area contributed by atoms with E-state index in [1.165, 1.54) is 12.1 Å².